The summed E-state index contributed by atoms with van der Waals surface area (Å²) in [6.45, 7) is 5.89. The minimum Gasteiger partial charge on any atom is -0.393 e. The summed E-state index contributed by atoms with van der Waals surface area (Å²) in [4.78, 5) is 14.5. The van der Waals surface area contributed by atoms with Crippen LogP contribution in [0, 0.1) is 11.7 Å². The Bertz CT molecular complexity index is 476. The smallest absolute Gasteiger partial charge is 0.238 e. The molecule has 0 aromatic heterocycles. The number of benzene rings is 1. The summed E-state index contributed by atoms with van der Waals surface area (Å²) in [5.74, 6) is -0.0222. The van der Waals surface area contributed by atoms with E-state index >= 15 is 0 Å². The van der Waals surface area contributed by atoms with E-state index < -0.39 is 0 Å². The van der Waals surface area contributed by atoms with E-state index in [0.717, 1.165) is 6.54 Å². The molecule has 1 rings (SSSR count). The lowest BCUT2D eigenvalue weighted by Crippen LogP contribution is -2.37. The third-order valence-electron chi connectivity index (χ3n) is 2.79. The lowest BCUT2D eigenvalue weighted by molar-refractivity contribution is -0.117. The maximum absolute atomic E-state index is 12.8. The molecule has 0 atom stereocenters. The fourth-order valence-electron chi connectivity index (χ4n) is 1.96. The Kier molecular flexibility index (Phi) is 7.25. The molecular formula is C15H22FN3OS. The number of carbonyl (C=O) groups is 1. The second-order valence-electron chi connectivity index (χ2n) is 5.40. The minimum absolute atomic E-state index is 0.134. The zero-order valence-corrected chi connectivity index (χ0v) is 13.3. The van der Waals surface area contributed by atoms with E-state index in [1.807, 2.05) is 4.90 Å². The summed E-state index contributed by atoms with van der Waals surface area (Å²) in [5, 5.41) is 2.75. The third kappa shape index (κ3) is 7.72. The fourth-order valence-corrected chi connectivity index (χ4v) is 2.05. The molecule has 0 saturated heterocycles. The van der Waals surface area contributed by atoms with E-state index in [2.05, 4.69) is 19.2 Å². The highest BCUT2D eigenvalue weighted by Crippen LogP contribution is 2.08. The number of nitrogens with zero attached hydrogens (tertiary/aromatic N) is 1. The van der Waals surface area contributed by atoms with Crippen molar-refractivity contribution < 1.29 is 9.18 Å². The zero-order valence-electron chi connectivity index (χ0n) is 12.4. The van der Waals surface area contributed by atoms with Gasteiger partial charge in [-0.15, -0.1) is 0 Å². The number of hydrogen-bond donors (Lipinski definition) is 2. The standard InChI is InChI=1S/C15H22FN3OS/c1-11(2)9-19(8-7-14(17)21)10-15(20)18-13-5-3-12(16)4-6-13/h3-6,11H,7-10H2,1-2H3,(H2,17,21)(H,18,20). The second-order valence-corrected chi connectivity index (χ2v) is 5.92. The summed E-state index contributed by atoms with van der Waals surface area (Å²) in [6.07, 6.45) is 0.589. The van der Waals surface area contributed by atoms with Gasteiger partial charge in [-0.05, 0) is 30.2 Å². The monoisotopic (exact) mass is 311 g/mol. The van der Waals surface area contributed by atoms with Gasteiger partial charge in [-0.1, -0.05) is 26.1 Å². The predicted molar refractivity (Wildman–Crippen MR) is 87.7 cm³/mol. The van der Waals surface area contributed by atoms with Crippen molar-refractivity contribution in [1.82, 2.24) is 4.90 Å². The molecule has 0 fully saturated rings. The van der Waals surface area contributed by atoms with E-state index in [9.17, 15) is 9.18 Å². The number of carbonyl (C=O) groups excluding carboxylic acids is 1. The Morgan fingerprint density at radius 1 is 1.38 bits per heavy atom. The topological polar surface area (TPSA) is 58.4 Å². The number of anilines is 1. The first-order valence-corrected chi connectivity index (χ1v) is 7.33. The van der Waals surface area contributed by atoms with Gasteiger partial charge in [-0.2, -0.15) is 0 Å². The molecule has 1 aromatic carbocycles. The first-order valence-electron chi connectivity index (χ1n) is 6.93. The van der Waals surface area contributed by atoms with Gasteiger partial charge in [0, 0.05) is 25.2 Å². The van der Waals surface area contributed by atoms with E-state index in [4.69, 9.17) is 18.0 Å². The van der Waals surface area contributed by atoms with Gasteiger partial charge in [0.25, 0.3) is 0 Å². The lowest BCUT2D eigenvalue weighted by atomic mass is 10.2. The van der Waals surface area contributed by atoms with Crippen LogP contribution in [0.25, 0.3) is 0 Å². The molecule has 4 nitrogen and oxygen atoms in total. The number of nitrogens with two attached hydrogens (primary N) is 1. The van der Waals surface area contributed by atoms with Crippen molar-refractivity contribution in [3.63, 3.8) is 0 Å². The molecule has 0 saturated carbocycles. The quantitative estimate of drug-likeness (QED) is 0.724. The number of rotatable bonds is 8. The zero-order chi connectivity index (χ0) is 15.8. The Hall–Kier alpha value is -1.53. The molecule has 0 heterocycles. The highest BCUT2D eigenvalue weighted by Gasteiger charge is 2.12. The summed E-state index contributed by atoms with van der Waals surface area (Å²) in [7, 11) is 0. The summed E-state index contributed by atoms with van der Waals surface area (Å²) in [5.41, 5.74) is 6.09. The third-order valence-corrected chi connectivity index (χ3v) is 3.00. The maximum Gasteiger partial charge on any atom is 0.238 e. The van der Waals surface area contributed by atoms with Crippen molar-refractivity contribution in [1.29, 1.82) is 0 Å². The average molecular weight is 311 g/mol. The minimum atomic E-state index is -0.328. The van der Waals surface area contributed by atoms with Crippen LogP contribution in [0.2, 0.25) is 0 Å². The van der Waals surface area contributed by atoms with Crippen LogP contribution in [0.4, 0.5) is 10.1 Å². The number of amides is 1. The van der Waals surface area contributed by atoms with Crippen molar-refractivity contribution in [3.05, 3.63) is 30.1 Å². The van der Waals surface area contributed by atoms with Crippen molar-refractivity contribution >= 4 is 28.8 Å². The number of hydrogen-bond acceptors (Lipinski definition) is 3. The highest BCUT2D eigenvalue weighted by molar-refractivity contribution is 7.80. The average Bonchev–Trinajstić information content (AvgIpc) is 2.38. The van der Waals surface area contributed by atoms with E-state index in [1.165, 1.54) is 24.3 Å². The molecule has 0 bridgehead atoms. The summed E-state index contributed by atoms with van der Waals surface area (Å²) < 4.78 is 12.8. The molecule has 116 valence electrons. The van der Waals surface area contributed by atoms with Crippen molar-refractivity contribution in [3.8, 4) is 0 Å². The molecule has 1 amide bonds. The molecule has 0 aliphatic carbocycles. The van der Waals surface area contributed by atoms with Gasteiger partial charge >= 0.3 is 0 Å². The van der Waals surface area contributed by atoms with E-state index in [1.54, 1.807) is 0 Å². The largest absolute Gasteiger partial charge is 0.393 e. The van der Waals surface area contributed by atoms with E-state index in [0.29, 0.717) is 29.6 Å². The molecule has 0 spiro atoms. The van der Waals surface area contributed by atoms with Gasteiger partial charge in [0.05, 0.1) is 11.5 Å². The van der Waals surface area contributed by atoms with E-state index in [-0.39, 0.29) is 18.3 Å². The highest BCUT2D eigenvalue weighted by atomic mass is 32.1. The van der Waals surface area contributed by atoms with Crippen LogP contribution in [0.1, 0.15) is 20.3 Å². The number of thiocarbonyl (C=S) groups is 1. The Morgan fingerprint density at radius 3 is 2.52 bits per heavy atom. The lowest BCUT2D eigenvalue weighted by Gasteiger charge is -2.23. The SMILES string of the molecule is CC(C)CN(CCC(N)=S)CC(=O)Nc1ccc(F)cc1. The van der Waals surface area contributed by atoms with Crippen molar-refractivity contribution in [2.45, 2.75) is 20.3 Å². The van der Waals surface area contributed by atoms with Gasteiger partial charge < -0.3 is 11.1 Å². The van der Waals surface area contributed by atoms with Gasteiger partial charge in [0.1, 0.15) is 5.82 Å². The molecule has 21 heavy (non-hydrogen) atoms. The van der Waals surface area contributed by atoms with Gasteiger partial charge in [-0.3, -0.25) is 9.69 Å². The Morgan fingerprint density at radius 2 is 2.00 bits per heavy atom. The first-order chi connectivity index (χ1) is 9.86. The van der Waals surface area contributed by atoms with Crippen LogP contribution in [0.5, 0.6) is 0 Å². The molecule has 0 radical (unpaired) electrons. The maximum atomic E-state index is 12.8. The molecular weight excluding hydrogens is 289 g/mol. The van der Waals surface area contributed by atoms with Gasteiger partial charge in [0.15, 0.2) is 0 Å². The van der Waals surface area contributed by atoms with Crippen molar-refractivity contribution in [2.24, 2.45) is 11.7 Å². The fraction of sp³-hybridized carbons (Fsp3) is 0.467. The Balaban J connectivity index is 2.53. The van der Waals surface area contributed by atoms with Gasteiger partial charge in [0.2, 0.25) is 5.91 Å². The molecule has 3 N–H and O–H groups in total. The number of halogens is 1. The Labute approximate surface area is 130 Å². The first kappa shape index (κ1) is 17.5. The molecule has 0 unspecified atom stereocenters. The second kappa shape index (κ2) is 8.69. The molecule has 0 aliphatic rings. The normalized spacial score (nSPS) is 10.9. The van der Waals surface area contributed by atoms with Crippen LogP contribution in [0.3, 0.4) is 0 Å². The van der Waals surface area contributed by atoms with Crippen LogP contribution in [-0.4, -0.2) is 35.4 Å². The van der Waals surface area contributed by atoms with Crippen LogP contribution in [0.15, 0.2) is 24.3 Å². The van der Waals surface area contributed by atoms with Crippen molar-refractivity contribution in [2.75, 3.05) is 25.0 Å². The summed E-state index contributed by atoms with van der Waals surface area (Å²) >= 11 is 4.87. The molecule has 1 aromatic rings. The summed E-state index contributed by atoms with van der Waals surface area (Å²) in [6, 6.07) is 5.70. The van der Waals surface area contributed by atoms with Gasteiger partial charge in [-0.25, -0.2) is 4.39 Å². The molecule has 0 aliphatic heterocycles. The van der Waals surface area contributed by atoms with Crippen LogP contribution < -0.4 is 11.1 Å². The van der Waals surface area contributed by atoms with Crippen LogP contribution >= 0.6 is 12.2 Å². The van der Waals surface area contributed by atoms with Crippen LogP contribution in [-0.2, 0) is 4.79 Å². The molecule has 6 heteroatoms. The predicted octanol–water partition coefficient (Wildman–Crippen LogP) is 2.40. The number of nitrogens with one attached hydrogen (secondary N) is 1.